The summed E-state index contributed by atoms with van der Waals surface area (Å²) in [5.74, 6) is 0.640. The van der Waals surface area contributed by atoms with E-state index in [1.54, 1.807) is 13.0 Å². The van der Waals surface area contributed by atoms with E-state index in [1.165, 1.54) is 12.8 Å². The van der Waals surface area contributed by atoms with Gasteiger partial charge in [0.05, 0.1) is 5.69 Å². The maximum Gasteiger partial charge on any atom is 0.289 e. The van der Waals surface area contributed by atoms with Gasteiger partial charge < -0.3 is 9.84 Å². The lowest BCUT2D eigenvalue weighted by Gasteiger charge is -2.30. The van der Waals surface area contributed by atoms with E-state index in [0.29, 0.717) is 24.3 Å². The van der Waals surface area contributed by atoms with E-state index in [-0.39, 0.29) is 5.91 Å². The standard InChI is InChI=1S/C14H23N3O2/c1-10(2)12(17-6-4-5-7-17)9-15-14(18)13-8-11(3)16-19-13/h8,10,12H,4-7,9H2,1-3H3,(H,15,18)/t12-/m1/s1. The van der Waals surface area contributed by atoms with Gasteiger partial charge in [-0.3, -0.25) is 9.69 Å². The Morgan fingerprint density at radius 2 is 2.16 bits per heavy atom. The van der Waals surface area contributed by atoms with E-state index in [2.05, 4.69) is 29.2 Å². The van der Waals surface area contributed by atoms with Crippen LogP contribution in [0.25, 0.3) is 0 Å². The molecule has 1 aliphatic rings. The summed E-state index contributed by atoms with van der Waals surface area (Å²) in [6.07, 6.45) is 2.52. The highest BCUT2D eigenvalue weighted by Gasteiger charge is 2.25. The fourth-order valence-corrected chi connectivity index (χ4v) is 2.61. The summed E-state index contributed by atoms with van der Waals surface area (Å²) in [5.41, 5.74) is 0.727. The molecular formula is C14H23N3O2. The first-order valence-corrected chi connectivity index (χ1v) is 7.03. The molecule has 0 aromatic carbocycles. The SMILES string of the molecule is Cc1cc(C(=O)NC[C@H](C(C)C)N2CCCC2)on1. The molecular weight excluding hydrogens is 242 g/mol. The van der Waals surface area contributed by atoms with E-state index in [1.807, 2.05) is 0 Å². The molecule has 1 aromatic heterocycles. The van der Waals surface area contributed by atoms with Gasteiger partial charge in [-0.2, -0.15) is 0 Å². The number of rotatable bonds is 5. The first kappa shape index (κ1) is 14.1. The largest absolute Gasteiger partial charge is 0.351 e. The van der Waals surface area contributed by atoms with Gasteiger partial charge >= 0.3 is 0 Å². The Kier molecular flexibility index (Phi) is 4.58. The van der Waals surface area contributed by atoms with Gasteiger partial charge in [0.1, 0.15) is 0 Å². The second kappa shape index (κ2) is 6.19. The van der Waals surface area contributed by atoms with Gasteiger partial charge in [-0.25, -0.2) is 0 Å². The molecule has 1 saturated heterocycles. The summed E-state index contributed by atoms with van der Waals surface area (Å²) in [6, 6.07) is 2.06. The molecule has 5 heteroatoms. The predicted molar refractivity (Wildman–Crippen MR) is 73.0 cm³/mol. The molecule has 19 heavy (non-hydrogen) atoms. The second-order valence-corrected chi connectivity index (χ2v) is 5.60. The molecule has 0 bridgehead atoms. The number of amides is 1. The average Bonchev–Trinajstić information content (AvgIpc) is 3.00. The highest BCUT2D eigenvalue weighted by atomic mass is 16.5. The lowest BCUT2D eigenvalue weighted by molar-refractivity contribution is 0.0890. The number of nitrogens with zero attached hydrogens (tertiary/aromatic N) is 2. The van der Waals surface area contributed by atoms with E-state index in [4.69, 9.17) is 4.52 Å². The Morgan fingerprint density at radius 1 is 1.47 bits per heavy atom. The molecule has 5 nitrogen and oxygen atoms in total. The summed E-state index contributed by atoms with van der Waals surface area (Å²) in [4.78, 5) is 14.4. The van der Waals surface area contributed by atoms with Crippen molar-refractivity contribution in [2.45, 2.75) is 39.7 Å². The zero-order chi connectivity index (χ0) is 13.8. The third kappa shape index (κ3) is 3.56. The first-order chi connectivity index (χ1) is 9.08. The smallest absolute Gasteiger partial charge is 0.289 e. The van der Waals surface area contributed by atoms with Crippen molar-refractivity contribution in [1.82, 2.24) is 15.4 Å². The molecule has 106 valence electrons. The number of aryl methyl sites for hydroxylation is 1. The molecule has 0 saturated carbocycles. The zero-order valence-electron chi connectivity index (χ0n) is 12.0. The summed E-state index contributed by atoms with van der Waals surface area (Å²) >= 11 is 0. The van der Waals surface area contributed by atoms with Crippen molar-refractivity contribution in [3.8, 4) is 0 Å². The maximum atomic E-state index is 11.9. The van der Waals surface area contributed by atoms with Crippen molar-refractivity contribution in [3.05, 3.63) is 17.5 Å². The van der Waals surface area contributed by atoms with E-state index in [9.17, 15) is 4.79 Å². The van der Waals surface area contributed by atoms with Crippen molar-refractivity contribution in [3.63, 3.8) is 0 Å². The quantitative estimate of drug-likeness (QED) is 0.882. The number of hydrogen-bond donors (Lipinski definition) is 1. The summed E-state index contributed by atoms with van der Waals surface area (Å²) in [6.45, 7) is 9.15. The Morgan fingerprint density at radius 3 is 2.68 bits per heavy atom. The van der Waals surface area contributed by atoms with E-state index in [0.717, 1.165) is 18.8 Å². The topological polar surface area (TPSA) is 58.4 Å². The summed E-state index contributed by atoms with van der Waals surface area (Å²) in [7, 11) is 0. The Hall–Kier alpha value is -1.36. The number of likely N-dealkylation sites (tertiary alicyclic amines) is 1. The predicted octanol–water partition coefficient (Wildman–Crippen LogP) is 1.83. The number of aromatic nitrogens is 1. The van der Waals surface area contributed by atoms with Crippen LogP contribution in [-0.4, -0.2) is 41.6 Å². The van der Waals surface area contributed by atoms with Crippen molar-refractivity contribution in [2.75, 3.05) is 19.6 Å². The van der Waals surface area contributed by atoms with Crippen molar-refractivity contribution in [1.29, 1.82) is 0 Å². The molecule has 0 aliphatic carbocycles. The molecule has 1 atom stereocenters. The highest BCUT2D eigenvalue weighted by Crippen LogP contribution is 2.17. The van der Waals surface area contributed by atoms with Crippen LogP contribution in [0, 0.1) is 12.8 Å². The molecule has 1 aromatic rings. The van der Waals surface area contributed by atoms with Crippen LogP contribution in [0.3, 0.4) is 0 Å². The van der Waals surface area contributed by atoms with Crippen molar-refractivity contribution >= 4 is 5.91 Å². The maximum absolute atomic E-state index is 11.9. The lowest BCUT2D eigenvalue weighted by Crippen LogP contribution is -2.45. The first-order valence-electron chi connectivity index (χ1n) is 7.03. The van der Waals surface area contributed by atoms with Crippen LogP contribution in [0.15, 0.2) is 10.6 Å². The third-order valence-electron chi connectivity index (χ3n) is 3.70. The highest BCUT2D eigenvalue weighted by molar-refractivity contribution is 5.91. The Bertz CT molecular complexity index is 422. The third-order valence-corrected chi connectivity index (χ3v) is 3.70. The van der Waals surface area contributed by atoms with Crippen LogP contribution >= 0.6 is 0 Å². The van der Waals surface area contributed by atoms with Crippen LogP contribution in [0.2, 0.25) is 0 Å². The molecule has 0 spiro atoms. The summed E-state index contributed by atoms with van der Waals surface area (Å²) < 4.78 is 4.97. The van der Waals surface area contributed by atoms with Crippen LogP contribution < -0.4 is 5.32 Å². The Balaban J connectivity index is 1.89. The minimum Gasteiger partial charge on any atom is -0.351 e. The fraction of sp³-hybridized carbons (Fsp3) is 0.714. The number of carbonyl (C=O) groups excluding carboxylic acids is 1. The fourth-order valence-electron chi connectivity index (χ4n) is 2.61. The number of carbonyl (C=O) groups is 1. The van der Waals surface area contributed by atoms with Gasteiger partial charge in [-0.1, -0.05) is 19.0 Å². The van der Waals surface area contributed by atoms with Crippen molar-refractivity contribution < 1.29 is 9.32 Å². The molecule has 0 unspecified atom stereocenters. The second-order valence-electron chi connectivity index (χ2n) is 5.60. The normalized spacial score (nSPS) is 17.9. The zero-order valence-corrected chi connectivity index (χ0v) is 12.0. The van der Waals surface area contributed by atoms with Gasteiger partial charge in [-0.05, 0) is 38.8 Å². The van der Waals surface area contributed by atoms with Crippen LogP contribution in [0.4, 0.5) is 0 Å². The summed E-state index contributed by atoms with van der Waals surface area (Å²) in [5, 5.41) is 6.69. The molecule has 2 rings (SSSR count). The van der Waals surface area contributed by atoms with Gasteiger partial charge in [0.15, 0.2) is 0 Å². The van der Waals surface area contributed by atoms with E-state index < -0.39 is 0 Å². The lowest BCUT2D eigenvalue weighted by atomic mass is 10.0. The van der Waals surface area contributed by atoms with Gasteiger partial charge in [-0.15, -0.1) is 0 Å². The monoisotopic (exact) mass is 265 g/mol. The van der Waals surface area contributed by atoms with Gasteiger partial charge in [0.2, 0.25) is 5.76 Å². The molecule has 1 aliphatic heterocycles. The van der Waals surface area contributed by atoms with Gasteiger partial charge in [0.25, 0.3) is 5.91 Å². The van der Waals surface area contributed by atoms with Crippen molar-refractivity contribution in [2.24, 2.45) is 5.92 Å². The van der Waals surface area contributed by atoms with Crippen LogP contribution in [-0.2, 0) is 0 Å². The Labute approximate surface area is 114 Å². The average molecular weight is 265 g/mol. The minimum atomic E-state index is -0.176. The van der Waals surface area contributed by atoms with Crippen LogP contribution in [0.1, 0.15) is 42.9 Å². The van der Waals surface area contributed by atoms with Gasteiger partial charge in [0, 0.05) is 18.7 Å². The van der Waals surface area contributed by atoms with E-state index >= 15 is 0 Å². The molecule has 1 N–H and O–H groups in total. The number of hydrogen-bond acceptors (Lipinski definition) is 4. The minimum absolute atomic E-state index is 0.176. The molecule has 2 heterocycles. The van der Waals surface area contributed by atoms with Crippen LogP contribution in [0.5, 0.6) is 0 Å². The molecule has 1 amide bonds. The molecule has 1 fully saturated rings. The number of nitrogens with one attached hydrogen (secondary N) is 1. The molecule has 0 radical (unpaired) electrons.